The molecule has 3 rings (SSSR count). The molecule has 0 aliphatic heterocycles. The molecule has 2 aliphatic carbocycles. The molecule has 96 valence electrons. The number of rotatable bonds is 3. The standard InChI is InChI=1S/C14H14Cl2O2/c15-11-5-10(7-17)14(12(16)6-11)18-13-4-8-1-2-9(13)3-8/h5-9,13H,1-4H2. The summed E-state index contributed by atoms with van der Waals surface area (Å²) in [6, 6.07) is 3.22. The number of halogens is 2. The van der Waals surface area contributed by atoms with Crippen LogP contribution in [-0.4, -0.2) is 12.4 Å². The number of aldehydes is 1. The maximum absolute atomic E-state index is 11.1. The van der Waals surface area contributed by atoms with Gasteiger partial charge in [-0.2, -0.15) is 0 Å². The molecule has 2 aliphatic rings. The van der Waals surface area contributed by atoms with E-state index in [0.29, 0.717) is 27.3 Å². The summed E-state index contributed by atoms with van der Waals surface area (Å²) in [5.41, 5.74) is 0.440. The third-order valence-electron chi connectivity index (χ3n) is 4.11. The van der Waals surface area contributed by atoms with E-state index in [0.717, 1.165) is 18.6 Å². The van der Waals surface area contributed by atoms with Crippen molar-refractivity contribution in [3.63, 3.8) is 0 Å². The van der Waals surface area contributed by atoms with Crippen molar-refractivity contribution in [1.82, 2.24) is 0 Å². The van der Waals surface area contributed by atoms with Gasteiger partial charge < -0.3 is 4.74 Å². The van der Waals surface area contributed by atoms with Crippen molar-refractivity contribution >= 4 is 29.5 Å². The largest absolute Gasteiger partial charge is 0.488 e. The Morgan fingerprint density at radius 3 is 2.67 bits per heavy atom. The van der Waals surface area contributed by atoms with E-state index in [4.69, 9.17) is 27.9 Å². The Balaban J connectivity index is 1.86. The summed E-state index contributed by atoms with van der Waals surface area (Å²) < 4.78 is 6.00. The molecule has 3 atom stereocenters. The van der Waals surface area contributed by atoms with Gasteiger partial charge in [0.05, 0.1) is 10.6 Å². The monoisotopic (exact) mass is 284 g/mol. The highest BCUT2D eigenvalue weighted by Crippen LogP contribution is 2.47. The fourth-order valence-electron chi connectivity index (χ4n) is 3.27. The van der Waals surface area contributed by atoms with Gasteiger partial charge in [0, 0.05) is 5.02 Å². The van der Waals surface area contributed by atoms with Crippen LogP contribution in [0.15, 0.2) is 12.1 Å². The molecule has 3 unspecified atom stereocenters. The first-order valence-electron chi connectivity index (χ1n) is 6.28. The van der Waals surface area contributed by atoms with Crippen LogP contribution in [0.25, 0.3) is 0 Å². The minimum absolute atomic E-state index is 0.209. The number of benzene rings is 1. The minimum Gasteiger partial charge on any atom is -0.488 e. The van der Waals surface area contributed by atoms with E-state index in [9.17, 15) is 4.79 Å². The molecule has 2 bridgehead atoms. The average molecular weight is 285 g/mol. The van der Waals surface area contributed by atoms with Gasteiger partial charge in [0.15, 0.2) is 6.29 Å². The molecule has 18 heavy (non-hydrogen) atoms. The number of ether oxygens (including phenoxy) is 1. The second kappa shape index (κ2) is 4.75. The Labute approximate surface area is 116 Å². The fraction of sp³-hybridized carbons (Fsp3) is 0.500. The van der Waals surface area contributed by atoms with E-state index in [2.05, 4.69) is 0 Å². The smallest absolute Gasteiger partial charge is 0.153 e. The molecule has 0 heterocycles. The second-order valence-corrected chi connectivity index (χ2v) is 6.10. The summed E-state index contributed by atoms with van der Waals surface area (Å²) >= 11 is 12.0. The normalized spacial score (nSPS) is 29.6. The second-order valence-electron chi connectivity index (χ2n) is 5.25. The van der Waals surface area contributed by atoms with Gasteiger partial charge in [0.1, 0.15) is 11.9 Å². The zero-order valence-corrected chi connectivity index (χ0v) is 11.4. The van der Waals surface area contributed by atoms with Crippen LogP contribution in [0.1, 0.15) is 36.0 Å². The summed E-state index contributed by atoms with van der Waals surface area (Å²) in [6.45, 7) is 0. The Hall–Kier alpha value is -0.730. The minimum atomic E-state index is 0.209. The third kappa shape index (κ3) is 2.12. The Bertz CT molecular complexity index is 487. The van der Waals surface area contributed by atoms with Crippen LogP contribution in [0.3, 0.4) is 0 Å². The Kier molecular flexibility index (Phi) is 3.25. The van der Waals surface area contributed by atoms with Crippen LogP contribution in [-0.2, 0) is 0 Å². The van der Waals surface area contributed by atoms with E-state index in [-0.39, 0.29) is 6.10 Å². The van der Waals surface area contributed by atoms with Crippen LogP contribution >= 0.6 is 23.2 Å². The average Bonchev–Trinajstić information content (AvgIpc) is 2.94. The first kappa shape index (κ1) is 12.3. The molecule has 0 saturated heterocycles. The lowest BCUT2D eigenvalue weighted by Gasteiger charge is -2.24. The number of fused-ring (bicyclic) bond motifs is 2. The summed E-state index contributed by atoms with van der Waals surface area (Å²) in [7, 11) is 0. The van der Waals surface area contributed by atoms with Gasteiger partial charge in [-0.05, 0) is 49.7 Å². The zero-order chi connectivity index (χ0) is 12.7. The quantitative estimate of drug-likeness (QED) is 0.771. The Morgan fingerprint density at radius 2 is 2.06 bits per heavy atom. The third-order valence-corrected chi connectivity index (χ3v) is 4.61. The van der Waals surface area contributed by atoms with Gasteiger partial charge in [-0.1, -0.05) is 23.2 Å². The molecule has 0 amide bonds. The van der Waals surface area contributed by atoms with Crippen LogP contribution in [0.4, 0.5) is 0 Å². The number of hydrogen-bond acceptors (Lipinski definition) is 2. The highest BCUT2D eigenvalue weighted by atomic mass is 35.5. The lowest BCUT2D eigenvalue weighted by Crippen LogP contribution is -2.24. The van der Waals surface area contributed by atoms with Crippen molar-refractivity contribution in [2.75, 3.05) is 0 Å². The topological polar surface area (TPSA) is 26.3 Å². The van der Waals surface area contributed by atoms with Crippen LogP contribution < -0.4 is 4.74 Å². The van der Waals surface area contributed by atoms with Crippen molar-refractivity contribution in [2.45, 2.75) is 31.8 Å². The fourth-order valence-corrected chi connectivity index (χ4v) is 3.83. The predicted molar refractivity (Wildman–Crippen MR) is 71.7 cm³/mol. The van der Waals surface area contributed by atoms with Crippen LogP contribution in [0, 0.1) is 11.8 Å². The van der Waals surface area contributed by atoms with E-state index in [1.165, 1.54) is 19.3 Å². The van der Waals surface area contributed by atoms with Gasteiger partial charge in [-0.25, -0.2) is 0 Å². The summed E-state index contributed by atoms with van der Waals surface area (Å²) in [5.74, 6) is 1.92. The first-order valence-corrected chi connectivity index (χ1v) is 7.04. The maximum atomic E-state index is 11.1. The summed E-state index contributed by atoms with van der Waals surface area (Å²) in [6.07, 6.45) is 5.85. The van der Waals surface area contributed by atoms with Crippen LogP contribution in [0.5, 0.6) is 5.75 Å². The van der Waals surface area contributed by atoms with Crippen molar-refractivity contribution in [3.8, 4) is 5.75 Å². The molecule has 1 aromatic carbocycles. The van der Waals surface area contributed by atoms with Crippen molar-refractivity contribution in [1.29, 1.82) is 0 Å². The summed E-state index contributed by atoms with van der Waals surface area (Å²) in [4.78, 5) is 11.1. The maximum Gasteiger partial charge on any atom is 0.153 e. The number of carbonyl (C=O) groups is 1. The van der Waals surface area contributed by atoms with Crippen molar-refractivity contribution < 1.29 is 9.53 Å². The highest BCUT2D eigenvalue weighted by Gasteiger charge is 2.41. The van der Waals surface area contributed by atoms with Gasteiger partial charge in [-0.15, -0.1) is 0 Å². The van der Waals surface area contributed by atoms with Crippen LogP contribution in [0.2, 0.25) is 10.0 Å². The molecule has 2 fully saturated rings. The molecule has 2 saturated carbocycles. The van der Waals surface area contributed by atoms with Gasteiger partial charge in [0.25, 0.3) is 0 Å². The SMILES string of the molecule is O=Cc1cc(Cl)cc(Cl)c1OC1CC2CCC1C2. The predicted octanol–water partition coefficient (Wildman–Crippen LogP) is 4.37. The lowest BCUT2D eigenvalue weighted by atomic mass is 9.97. The zero-order valence-electron chi connectivity index (χ0n) is 9.86. The number of hydrogen-bond donors (Lipinski definition) is 0. The summed E-state index contributed by atoms with van der Waals surface area (Å²) in [5, 5.41) is 0.884. The molecule has 0 aromatic heterocycles. The lowest BCUT2D eigenvalue weighted by molar-refractivity contribution is 0.110. The van der Waals surface area contributed by atoms with E-state index in [1.54, 1.807) is 12.1 Å². The van der Waals surface area contributed by atoms with E-state index >= 15 is 0 Å². The number of carbonyl (C=O) groups excluding carboxylic acids is 1. The molecule has 0 N–H and O–H groups in total. The molecular weight excluding hydrogens is 271 g/mol. The molecule has 1 aromatic rings. The van der Waals surface area contributed by atoms with E-state index < -0.39 is 0 Å². The van der Waals surface area contributed by atoms with Gasteiger partial charge in [-0.3, -0.25) is 4.79 Å². The van der Waals surface area contributed by atoms with Gasteiger partial charge in [0.2, 0.25) is 0 Å². The van der Waals surface area contributed by atoms with Gasteiger partial charge >= 0.3 is 0 Å². The molecule has 4 heteroatoms. The van der Waals surface area contributed by atoms with E-state index in [1.807, 2.05) is 0 Å². The van der Waals surface area contributed by atoms with Crippen molar-refractivity contribution in [2.24, 2.45) is 11.8 Å². The van der Waals surface area contributed by atoms with Crippen molar-refractivity contribution in [3.05, 3.63) is 27.7 Å². The first-order chi connectivity index (χ1) is 8.67. The molecule has 2 nitrogen and oxygen atoms in total. The highest BCUT2D eigenvalue weighted by molar-refractivity contribution is 6.36. The molecule has 0 radical (unpaired) electrons. The molecular formula is C14H14Cl2O2. The molecule has 0 spiro atoms. The Morgan fingerprint density at radius 1 is 1.22 bits per heavy atom.